The van der Waals surface area contributed by atoms with E-state index in [9.17, 15) is 9.90 Å². The van der Waals surface area contributed by atoms with E-state index in [1.807, 2.05) is 0 Å². The molecule has 1 heterocycles. The summed E-state index contributed by atoms with van der Waals surface area (Å²) < 4.78 is 0. The second-order valence-corrected chi connectivity index (χ2v) is 2.39. The zero-order valence-electron chi connectivity index (χ0n) is 7.03. The average molecular weight is 175 g/mol. The van der Waals surface area contributed by atoms with E-state index < -0.39 is 0 Å². The summed E-state index contributed by atoms with van der Waals surface area (Å²) >= 11 is 0. The Balaban J connectivity index is 3.42. The lowest BCUT2D eigenvalue weighted by atomic mass is 10.1. The zero-order chi connectivity index (χ0) is 9.84. The first-order chi connectivity index (χ1) is 6.22. The van der Waals surface area contributed by atoms with E-state index in [1.54, 1.807) is 0 Å². The van der Waals surface area contributed by atoms with E-state index in [0.29, 0.717) is 17.5 Å². The number of pyridine rings is 1. The average Bonchev–Trinajstić information content (AvgIpc) is 2.17. The second-order valence-electron chi connectivity index (χ2n) is 2.39. The van der Waals surface area contributed by atoms with Crippen molar-refractivity contribution in [3.8, 4) is 5.75 Å². The number of nitrogens with zero attached hydrogens (tertiary/aromatic N) is 1. The minimum Gasteiger partial charge on any atom is -0.506 e. The molecule has 1 aromatic heterocycles. The Morgan fingerprint density at radius 2 is 2.00 bits per heavy atom. The third-order valence-electron chi connectivity index (χ3n) is 1.62. The number of hydrogen-bond acceptors (Lipinski definition) is 3. The van der Waals surface area contributed by atoms with Crippen molar-refractivity contribution in [3.05, 3.63) is 36.2 Å². The predicted octanol–water partition coefficient (Wildman–Crippen LogP) is 1.89. The number of aromatic hydroxyl groups is 1. The van der Waals surface area contributed by atoms with E-state index in [0.717, 1.165) is 0 Å². The Labute approximate surface area is 76.1 Å². The van der Waals surface area contributed by atoms with Gasteiger partial charge in [0.05, 0.1) is 5.69 Å². The van der Waals surface area contributed by atoms with Crippen LogP contribution in [0.3, 0.4) is 0 Å². The summed E-state index contributed by atoms with van der Waals surface area (Å²) in [6.45, 7) is 7.09. The van der Waals surface area contributed by atoms with Gasteiger partial charge in [-0.15, -0.1) is 0 Å². The van der Waals surface area contributed by atoms with Crippen LogP contribution in [0.5, 0.6) is 5.75 Å². The fourth-order valence-electron chi connectivity index (χ4n) is 0.960. The highest BCUT2D eigenvalue weighted by molar-refractivity contribution is 5.78. The lowest BCUT2D eigenvalue weighted by Gasteiger charge is -2.02. The van der Waals surface area contributed by atoms with Crippen LogP contribution in [-0.2, 0) is 0 Å². The van der Waals surface area contributed by atoms with Crippen molar-refractivity contribution in [2.24, 2.45) is 0 Å². The topological polar surface area (TPSA) is 50.2 Å². The van der Waals surface area contributed by atoms with Crippen LogP contribution in [0.4, 0.5) is 0 Å². The van der Waals surface area contributed by atoms with Crippen LogP contribution >= 0.6 is 0 Å². The third-order valence-corrected chi connectivity index (χ3v) is 1.62. The minimum atomic E-state index is -0.143. The molecule has 0 unspecified atom stereocenters. The first kappa shape index (κ1) is 9.19. The summed E-state index contributed by atoms with van der Waals surface area (Å²) in [7, 11) is 0. The standard InChI is InChI=1S/C10H9NO2/c1-3-7-5-10(13)9(6-12)11-8(7)4-2/h3-6,13H,1-2H2. The third kappa shape index (κ3) is 1.64. The molecule has 0 amide bonds. The highest BCUT2D eigenvalue weighted by Crippen LogP contribution is 2.19. The minimum absolute atomic E-state index is 0.0144. The summed E-state index contributed by atoms with van der Waals surface area (Å²) in [4.78, 5) is 14.3. The Morgan fingerprint density at radius 3 is 2.46 bits per heavy atom. The molecule has 0 aliphatic carbocycles. The number of aldehydes is 1. The maximum Gasteiger partial charge on any atom is 0.172 e. The Bertz CT molecular complexity index is 369. The molecule has 0 radical (unpaired) electrons. The van der Waals surface area contributed by atoms with Crippen molar-refractivity contribution in [2.75, 3.05) is 0 Å². The number of carbonyl (C=O) groups excluding carboxylic acids is 1. The van der Waals surface area contributed by atoms with Gasteiger partial charge in [-0.05, 0) is 12.1 Å². The molecule has 3 nitrogen and oxygen atoms in total. The molecule has 13 heavy (non-hydrogen) atoms. The normalized spacial score (nSPS) is 9.23. The Morgan fingerprint density at radius 1 is 1.31 bits per heavy atom. The van der Waals surface area contributed by atoms with Crippen molar-refractivity contribution in [1.29, 1.82) is 0 Å². The largest absolute Gasteiger partial charge is 0.506 e. The van der Waals surface area contributed by atoms with Crippen molar-refractivity contribution >= 4 is 18.4 Å². The molecule has 0 saturated carbocycles. The van der Waals surface area contributed by atoms with Gasteiger partial charge in [-0.25, -0.2) is 4.98 Å². The number of aromatic nitrogens is 1. The van der Waals surface area contributed by atoms with Crippen LogP contribution in [0.25, 0.3) is 12.2 Å². The molecule has 0 fully saturated rings. The molecule has 3 heteroatoms. The maximum atomic E-state index is 10.4. The molecule has 0 saturated heterocycles. The van der Waals surface area contributed by atoms with Crippen LogP contribution in [0.2, 0.25) is 0 Å². The molecule has 0 aliphatic heterocycles. The van der Waals surface area contributed by atoms with Crippen LogP contribution in [0.1, 0.15) is 21.7 Å². The monoisotopic (exact) mass is 175 g/mol. The Hall–Kier alpha value is -1.90. The molecule has 0 aromatic carbocycles. The Kier molecular flexibility index (Phi) is 2.59. The SMILES string of the molecule is C=Cc1cc(O)c(C=O)nc1C=C. The maximum absolute atomic E-state index is 10.4. The predicted molar refractivity (Wildman–Crippen MR) is 51.5 cm³/mol. The van der Waals surface area contributed by atoms with E-state index in [4.69, 9.17) is 0 Å². The molecule has 0 atom stereocenters. The molecule has 0 bridgehead atoms. The molecule has 1 N–H and O–H groups in total. The van der Waals surface area contributed by atoms with Crippen LogP contribution in [-0.4, -0.2) is 16.4 Å². The second kappa shape index (κ2) is 3.67. The first-order valence-corrected chi connectivity index (χ1v) is 3.67. The molecular formula is C10H9NO2. The molecule has 0 aliphatic rings. The van der Waals surface area contributed by atoms with Gasteiger partial charge in [0.2, 0.25) is 0 Å². The number of rotatable bonds is 3. The quantitative estimate of drug-likeness (QED) is 0.713. The first-order valence-electron chi connectivity index (χ1n) is 3.67. The van der Waals surface area contributed by atoms with Gasteiger partial charge in [-0.3, -0.25) is 4.79 Å². The van der Waals surface area contributed by atoms with Crippen LogP contribution < -0.4 is 0 Å². The van der Waals surface area contributed by atoms with Crippen LogP contribution in [0, 0.1) is 0 Å². The van der Waals surface area contributed by atoms with Gasteiger partial charge in [0.25, 0.3) is 0 Å². The smallest absolute Gasteiger partial charge is 0.172 e. The summed E-state index contributed by atoms with van der Waals surface area (Å²) in [5.74, 6) is -0.143. The van der Waals surface area contributed by atoms with Gasteiger partial charge >= 0.3 is 0 Å². The molecule has 66 valence electrons. The number of hydrogen-bond donors (Lipinski definition) is 1. The summed E-state index contributed by atoms with van der Waals surface area (Å²) in [5, 5.41) is 9.27. The summed E-state index contributed by atoms with van der Waals surface area (Å²) in [5.41, 5.74) is 1.20. The zero-order valence-corrected chi connectivity index (χ0v) is 7.03. The van der Waals surface area contributed by atoms with Gasteiger partial charge < -0.3 is 5.11 Å². The fourth-order valence-corrected chi connectivity index (χ4v) is 0.960. The lowest BCUT2D eigenvalue weighted by molar-refractivity contribution is 0.111. The molecular weight excluding hydrogens is 166 g/mol. The molecule has 0 spiro atoms. The van der Waals surface area contributed by atoms with E-state index in [-0.39, 0.29) is 11.4 Å². The van der Waals surface area contributed by atoms with Crippen LogP contribution in [0.15, 0.2) is 19.2 Å². The van der Waals surface area contributed by atoms with Gasteiger partial charge in [0, 0.05) is 5.56 Å². The van der Waals surface area contributed by atoms with Crippen molar-refractivity contribution < 1.29 is 9.90 Å². The van der Waals surface area contributed by atoms with E-state index >= 15 is 0 Å². The molecule has 1 rings (SSSR count). The van der Waals surface area contributed by atoms with Gasteiger partial charge in [-0.2, -0.15) is 0 Å². The van der Waals surface area contributed by atoms with Crippen molar-refractivity contribution in [1.82, 2.24) is 4.98 Å². The number of carbonyl (C=O) groups is 1. The van der Waals surface area contributed by atoms with Crippen molar-refractivity contribution in [3.63, 3.8) is 0 Å². The highest BCUT2D eigenvalue weighted by Gasteiger charge is 2.05. The molecule has 1 aromatic rings. The summed E-state index contributed by atoms with van der Waals surface area (Å²) in [6.07, 6.45) is 3.54. The fraction of sp³-hybridized carbons (Fsp3) is 0. The van der Waals surface area contributed by atoms with E-state index in [1.165, 1.54) is 18.2 Å². The van der Waals surface area contributed by atoms with Gasteiger partial charge in [-0.1, -0.05) is 19.2 Å². The van der Waals surface area contributed by atoms with Gasteiger partial charge in [0.15, 0.2) is 6.29 Å². The van der Waals surface area contributed by atoms with E-state index in [2.05, 4.69) is 18.1 Å². The van der Waals surface area contributed by atoms with Gasteiger partial charge in [0.1, 0.15) is 11.4 Å². The lowest BCUT2D eigenvalue weighted by Crippen LogP contribution is -1.93. The summed E-state index contributed by atoms with van der Waals surface area (Å²) in [6, 6.07) is 1.43. The van der Waals surface area contributed by atoms with Crippen molar-refractivity contribution in [2.45, 2.75) is 0 Å². The highest BCUT2D eigenvalue weighted by atomic mass is 16.3.